The number of aromatic amines is 1. The second-order valence-corrected chi connectivity index (χ2v) is 5.89. The van der Waals surface area contributed by atoms with E-state index in [0.717, 1.165) is 0 Å². The Labute approximate surface area is 127 Å². The molecule has 0 atom stereocenters. The number of aryl methyl sites for hydroxylation is 1. The molecule has 0 spiro atoms. The van der Waals surface area contributed by atoms with Crippen molar-refractivity contribution in [2.24, 2.45) is 0 Å². The van der Waals surface area contributed by atoms with E-state index in [0.29, 0.717) is 0 Å². The van der Waals surface area contributed by atoms with Gasteiger partial charge in [-0.1, -0.05) is 36.4 Å². The summed E-state index contributed by atoms with van der Waals surface area (Å²) in [5.41, 5.74) is 4.94. The molecule has 0 aliphatic rings. The number of benzene rings is 2. The highest BCUT2D eigenvalue weighted by Crippen LogP contribution is 2.30. The molecule has 5 aromatic rings. The van der Waals surface area contributed by atoms with E-state index in [1.165, 1.54) is 43.7 Å². The summed E-state index contributed by atoms with van der Waals surface area (Å²) in [5, 5.41) is 5.17. The molecule has 2 nitrogen and oxygen atoms in total. The molecule has 2 heteroatoms. The molecule has 0 bridgehead atoms. The van der Waals surface area contributed by atoms with Gasteiger partial charge in [-0.15, -0.1) is 0 Å². The molecule has 0 fully saturated rings. The number of fused-ring (bicyclic) bond motifs is 7. The standard InChI is InChI=1S/C20H14N2/c1-13-12-22-11-10-16-15-7-4-5-9-18(15)21-19(16)20(22)17-8-3-2-6-14(13)17/h2-12H,1H3/p+1. The van der Waals surface area contributed by atoms with Crippen molar-refractivity contribution in [1.29, 1.82) is 0 Å². The predicted molar refractivity (Wildman–Crippen MR) is 91.2 cm³/mol. The van der Waals surface area contributed by atoms with Crippen molar-refractivity contribution >= 4 is 38.1 Å². The van der Waals surface area contributed by atoms with Gasteiger partial charge in [0, 0.05) is 27.9 Å². The van der Waals surface area contributed by atoms with Gasteiger partial charge in [0.2, 0.25) is 5.52 Å². The fraction of sp³-hybridized carbons (Fsp3) is 0.0500. The van der Waals surface area contributed by atoms with Crippen LogP contribution in [0.2, 0.25) is 0 Å². The van der Waals surface area contributed by atoms with Crippen LogP contribution in [0.5, 0.6) is 0 Å². The molecule has 0 saturated carbocycles. The molecule has 0 unspecified atom stereocenters. The Balaban J connectivity index is 2.14. The molecule has 2 aromatic carbocycles. The van der Waals surface area contributed by atoms with Gasteiger partial charge in [0.15, 0.2) is 12.4 Å². The number of rotatable bonds is 0. The van der Waals surface area contributed by atoms with E-state index in [-0.39, 0.29) is 0 Å². The van der Waals surface area contributed by atoms with E-state index in [9.17, 15) is 0 Å². The number of nitrogens with one attached hydrogen (secondary N) is 1. The molecule has 0 aliphatic heterocycles. The number of para-hydroxylation sites is 1. The summed E-state index contributed by atoms with van der Waals surface area (Å²) < 4.78 is 2.23. The van der Waals surface area contributed by atoms with Crippen molar-refractivity contribution in [3.05, 3.63) is 72.6 Å². The summed E-state index contributed by atoms with van der Waals surface area (Å²) in [6.07, 6.45) is 4.38. The van der Waals surface area contributed by atoms with Crippen LogP contribution < -0.4 is 4.40 Å². The number of nitrogens with zero attached hydrogens (tertiary/aromatic N) is 1. The lowest BCUT2D eigenvalue weighted by atomic mass is 10.0. The number of H-pyrrole nitrogens is 1. The van der Waals surface area contributed by atoms with Crippen molar-refractivity contribution in [3.8, 4) is 0 Å². The monoisotopic (exact) mass is 283 g/mol. The van der Waals surface area contributed by atoms with Crippen molar-refractivity contribution < 1.29 is 4.40 Å². The first-order valence-corrected chi connectivity index (χ1v) is 7.56. The van der Waals surface area contributed by atoms with E-state index in [4.69, 9.17) is 0 Å². The third-order valence-corrected chi connectivity index (χ3v) is 4.58. The second kappa shape index (κ2) is 4.08. The van der Waals surface area contributed by atoms with Crippen LogP contribution in [-0.2, 0) is 0 Å². The van der Waals surface area contributed by atoms with Crippen LogP contribution in [0.4, 0.5) is 0 Å². The summed E-state index contributed by atoms with van der Waals surface area (Å²) >= 11 is 0. The first-order valence-electron chi connectivity index (χ1n) is 7.56. The molecular formula is C20H15N2+. The van der Waals surface area contributed by atoms with Gasteiger partial charge < -0.3 is 4.98 Å². The highest BCUT2D eigenvalue weighted by Gasteiger charge is 2.17. The summed E-state index contributed by atoms with van der Waals surface area (Å²) in [6, 6.07) is 19.3. The fourth-order valence-corrected chi connectivity index (χ4v) is 3.57. The molecule has 0 aliphatic carbocycles. The van der Waals surface area contributed by atoms with E-state index in [2.05, 4.69) is 83.3 Å². The molecule has 3 heterocycles. The summed E-state index contributed by atoms with van der Waals surface area (Å²) in [4.78, 5) is 3.61. The van der Waals surface area contributed by atoms with E-state index in [1.54, 1.807) is 0 Å². The minimum atomic E-state index is 1.19. The highest BCUT2D eigenvalue weighted by atomic mass is 14.9. The zero-order valence-corrected chi connectivity index (χ0v) is 12.3. The lowest BCUT2D eigenvalue weighted by Gasteiger charge is -2.02. The van der Waals surface area contributed by atoms with Crippen LogP contribution in [0.1, 0.15) is 5.56 Å². The van der Waals surface area contributed by atoms with Crippen LogP contribution in [0.15, 0.2) is 67.0 Å². The average molecular weight is 283 g/mol. The maximum Gasteiger partial charge on any atom is 0.242 e. The van der Waals surface area contributed by atoms with Gasteiger partial charge in [-0.25, -0.2) is 0 Å². The molecular weight excluding hydrogens is 268 g/mol. The van der Waals surface area contributed by atoms with Crippen LogP contribution in [-0.4, -0.2) is 4.98 Å². The van der Waals surface area contributed by atoms with Crippen LogP contribution in [0.25, 0.3) is 38.1 Å². The van der Waals surface area contributed by atoms with Crippen molar-refractivity contribution in [2.45, 2.75) is 6.92 Å². The summed E-state index contributed by atoms with van der Waals surface area (Å²) in [6.45, 7) is 2.17. The molecule has 22 heavy (non-hydrogen) atoms. The van der Waals surface area contributed by atoms with E-state index >= 15 is 0 Å². The Morgan fingerprint density at radius 1 is 0.773 bits per heavy atom. The summed E-state index contributed by atoms with van der Waals surface area (Å²) in [7, 11) is 0. The quantitative estimate of drug-likeness (QED) is 0.318. The Morgan fingerprint density at radius 3 is 2.36 bits per heavy atom. The lowest BCUT2D eigenvalue weighted by Crippen LogP contribution is -2.21. The lowest BCUT2D eigenvalue weighted by molar-refractivity contribution is -0.510. The molecule has 104 valence electrons. The Morgan fingerprint density at radius 2 is 1.50 bits per heavy atom. The molecule has 0 radical (unpaired) electrons. The Bertz CT molecular complexity index is 1180. The number of hydrogen-bond donors (Lipinski definition) is 1. The number of hydrogen-bond acceptors (Lipinski definition) is 0. The number of pyridine rings is 2. The van der Waals surface area contributed by atoms with Gasteiger partial charge in [-0.05, 0) is 24.4 Å². The minimum absolute atomic E-state index is 1.19. The van der Waals surface area contributed by atoms with Crippen molar-refractivity contribution in [1.82, 2.24) is 4.98 Å². The minimum Gasteiger partial charge on any atom is -0.349 e. The van der Waals surface area contributed by atoms with Gasteiger partial charge in [0.1, 0.15) is 5.52 Å². The van der Waals surface area contributed by atoms with Gasteiger partial charge in [0.05, 0.1) is 5.39 Å². The Hall–Kier alpha value is -2.87. The highest BCUT2D eigenvalue weighted by molar-refractivity contribution is 6.15. The Kier molecular flexibility index (Phi) is 2.18. The zero-order chi connectivity index (χ0) is 14.7. The van der Waals surface area contributed by atoms with Gasteiger partial charge in [-0.2, -0.15) is 4.40 Å². The largest absolute Gasteiger partial charge is 0.349 e. The SMILES string of the molecule is Cc1c[n+]2ccc3c4ccccc4[nH]c3c2c2ccccc12. The number of aromatic nitrogens is 2. The van der Waals surface area contributed by atoms with E-state index < -0.39 is 0 Å². The predicted octanol–water partition coefficient (Wildman–Crippen LogP) is 4.52. The third-order valence-electron chi connectivity index (χ3n) is 4.58. The van der Waals surface area contributed by atoms with Gasteiger partial charge in [-0.3, -0.25) is 0 Å². The van der Waals surface area contributed by atoms with Crippen molar-refractivity contribution in [3.63, 3.8) is 0 Å². The van der Waals surface area contributed by atoms with Gasteiger partial charge in [0.25, 0.3) is 0 Å². The maximum absolute atomic E-state index is 3.61. The average Bonchev–Trinajstić information content (AvgIpc) is 2.93. The van der Waals surface area contributed by atoms with Crippen LogP contribution in [0, 0.1) is 6.92 Å². The third kappa shape index (κ3) is 1.41. The first-order chi connectivity index (χ1) is 10.8. The fourth-order valence-electron chi connectivity index (χ4n) is 3.57. The molecule has 0 amide bonds. The first kappa shape index (κ1) is 11.8. The van der Waals surface area contributed by atoms with Crippen LogP contribution >= 0.6 is 0 Å². The van der Waals surface area contributed by atoms with Crippen molar-refractivity contribution in [2.75, 3.05) is 0 Å². The topological polar surface area (TPSA) is 19.9 Å². The smallest absolute Gasteiger partial charge is 0.242 e. The summed E-state index contributed by atoms with van der Waals surface area (Å²) in [5.74, 6) is 0. The molecule has 5 rings (SSSR count). The van der Waals surface area contributed by atoms with Gasteiger partial charge >= 0.3 is 0 Å². The maximum atomic E-state index is 3.61. The molecule has 0 saturated heterocycles. The van der Waals surface area contributed by atoms with Crippen LogP contribution in [0.3, 0.4) is 0 Å². The normalized spacial score (nSPS) is 11.9. The molecule has 1 N–H and O–H groups in total. The van der Waals surface area contributed by atoms with E-state index in [1.807, 2.05) is 0 Å². The zero-order valence-electron chi connectivity index (χ0n) is 12.3. The molecule has 3 aromatic heterocycles. The second-order valence-electron chi connectivity index (χ2n) is 5.89.